The summed E-state index contributed by atoms with van der Waals surface area (Å²) in [5, 5.41) is 43.0. The summed E-state index contributed by atoms with van der Waals surface area (Å²) in [6, 6.07) is 5.23. The van der Waals surface area contributed by atoms with E-state index in [1.54, 1.807) is 0 Å². The highest BCUT2D eigenvalue weighted by atomic mass is 16.6. The molecule has 23 heavy (non-hydrogen) atoms. The summed E-state index contributed by atoms with van der Waals surface area (Å²) < 4.78 is 5.35. The molecule has 1 amide bonds. The van der Waals surface area contributed by atoms with Crippen LogP contribution in [0, 0.1) is 10.1 Å². The molecule has 126 valence electrons. The van der Waals surface area contributed by atoms with E-state index in [1.807, 2.05) is 0 Å². The van der Waals surface area contributed by atoms with E-state index in [0.29, 0.717) is 5.56 Å². The molecule has 1 heterocycles. The number of aliphatic hydroxyl groups is 3. The van der Waals surface area contributed by atoms with Crippen molar-refractivity contribution in [3.05, 3.63) is 39.9 Å². The Hall–Kier alpha value is -2.07. The number of amides is 1. The first kappa shape index (κ1) is 17.3. The topological polar surface area (TPSA) is 142 Å². The molecule has 1 aliphatic rings. The maximum atomic E-state index is 11.6. The van der Waals surface area contributed by atoms with Crippen LogP contribution in [0.5, 0.6) is 0 Å². The number of non-ortho nitro benzene ring substituents is 1. The fraction of sp³-hybridized carbons (Fsp3) is 0.500. The van der Waals surface area contributed by atoms with Gasteiger partial charge in [-0.25, -0.2) is 0 Å². The van der Waals surface area contributed by atoms with Gasteiger partial charge in [-0.1, -0.05) is 0 Å². The first-order valence-electron chi connectivity index (χ1n) is 6.94. The van der Waals surface area contributed by atoms with E-state index in [9.17, 15) is 25.1 Å². The molecule has 1 aromatic rings. The van der Waals surface area contributed by atoms with Crippen molar-refractivity contribution in [3.63, 3.8) is 0 Å². The Morgan fingerprint density at radius 1 is 1.43 bits per heavy atom. The largest absolute Gasteiger partial charge is 0.394 e. The molecule has 2 rings (SSSR count). The smallest absolute Gasteiger partial charge is 0.269 e. The van der Waals surface area contributed by atoms with Crippen molar-refractivity contribution >= 4 is 11.6 Å². The Morgan fingerprint density at radius 3 is 2.52 bits per heavy atom. The number of carbonyl (C=O) groups excluding carboxylic acids is 1. The zero-order valence-electron chi connectivity index (χ0n) is 12.4. The summed E-state index contributed by atoms with van der Waals surface area (Å²) in [6.07, 6.45) is -3.88. The van der Waals surface area contributed by atoms with Gasteiger partial charge in [0.15, 0.2) is 0 Å². The molecule has 1 aliphatic heterocycles. The van der Waals surface area contributed by atoms with Gasteiger partial charge in [0.05, 0.1) is 18.1 Å². The lowest BCUT2D eigenvalue weighted by Crippen LogP contribution is -2.66. The number of ether oxygens (including phenoxy) is 1. The Kier molecular flexibility index (Phi) is 4.95. The van der Waals surface area contributed by atoms with E-state index >= 15 is 0 Å². The number of benzene rings is 1. The third-order valence-corrected chi connectivity index (χ3v) is 3.91. The number of aliphatic hydroxyl groups excluding tert-OH is 3. The zero-order chi connectivity index (χ0) is 17.2. The standard InChI is InChI=1S/C14H18N2O7/c1-8(18)15-14(7-23-11(6-17)12(19)13(14)20)9-2-4-10(5-3-9)16(21)22/h2-5,11-13,17,19-20H,6-7H2,1H3,(H,15,18)/t11-,12+,13+,14-/m1/s1. The van der Waals surface area contributed by atoms with Crippen LogP contribution in [-0.2, 0) is 15.1 Å². The average Bonchev–Trinajstić information content (AvgIpc) is 2.52. The number of hydrogen-bond donors (Lipinski definition) is 4. The molecule has 1 fully saturated rings. The quantitative estimate of drug-likeness (QED) is 0.412. The Balaban J connectivity index is 2.43. The minimum atomic E-state index is -1.47. The Morgan fingerprint density at radius 2 is 2.04 bits per heavy atom. The fourth-order valence-electron chi connectivity index (χ4n) is 2.71. The SMILES string of the molecule is CC(=O)N[C@@]1(c2ccc([N+](=O)[O-])cc2)CO[C@H](CO)[C@H](O)[C@@H]1O. The first-order valence-corrected chi connectivity index (χ1v) is 6.94. The lowest BCUT2D eigenvalue weighted by atomic mass is 9.79. The van der Waals surface area contributed by atoms with Gasteiger partial charge in [-0.15, -0.1) is 0 Å². The third kappa shape index (κ3) is 3.17. The van der Waals surface area contributed by atoms with Crippen LogP contribution in [0.4, 0.5) is 5.69 Å². The first-order chi connectivity index (χ1) is 10.8. The third-order valence-electron chi connectivity index (χ3n) is 3.91. The van der Waals surface area contributed by atoms with E-state index < -0.39 is 41.3 Å². The number of nitro benzene ring substituents is 1. The molecule has 4 N–H and O–H groups in total. The molecule has 0 saturated carbocycles. The van der Waals surface area contributed by atoms with Crippen molar-refractivity contribution in [1.29, 1.82) is 0 Å². The molecule has 9 heteroatoms. The van der Waals surface area contributed by atoms with E-state index in [0.717, 1.165) is 0 Å². The predicted octanol–water partition coefficient (Wildman–Crippen LogP) is -0.961. The van der Waals surface area contributed by atoms with Crippen LogP contribution in [0.3, 0.4) is 0 Å². The summed E-state index contributed by atoms with van der Waals surface area (Å²) in [5.41, 5.74) is -1.26. The van der Waals surface area contributed by atoms with Crippen molar-refractivity contribution in [1.82, 2.24) is 5.32 Å². The fourth-order valence-corrected chi connectivity index (χ4v) is 2.71. The number of nitrogens with one attached hydrogen (secondary N) is 1. The van der Waals surface area contributed by atoms with Crippen LogP contribution in [0.2, 0.25) is 0 Å². The minimum absolute atomic E-state index is 0.147. The second kappa shape index (κ2) is 6.59. The van der Waals surface area contributed by atoms with Crippen LogP contribution in [-0.4, -0.2) is 57.7 Å². The molecule has 4 atom stereocenters. The van der Waals surface area contributed by atoms with Gasteiger partial charge in [0.25, 0.3) is 5.69 Å². The summed E-state index contributed by atoms with van der Waals surface area (Å²) in [6.45, 7) is 0.548. The molecule has 0 bridgehead atoms. The highest BCUT2D eigenvalue weighted by molar-refractivity contribution is 5.74. The number of rotatable bonds is 4. The van der Waals surface area contributed by atoms with Crippen molar-refractivity contribution in [2.24, 2.45) is 0 Å². The van der Waals surface area contributed by atoms with Crippen LogP contribution >= 0.6 is 0 Å². The molecule has 0 unspecified atom stereocenters. The van der Waals surface area contributed by atoms with E-state index in [-0.39, 0.29) is 12.3 Å². The van der Waals surface area contributed by atoms with Gasteiger partial charge in [0.1, 0.15) is 23.9 Å². The second-order valence-corrected chi connectivity index (χ2v) is 5.42. The highest BCUT2D eigenvalue weighted by Gasteiger charge is 2.51. The molecule has 1 aromatic carbocycles. The van der Waals surface area contributed by atoms with Gasteiger partial charge in [0.2, 0.25) is 5.91 Å². The maximum absolute atomic E-state index is 11.6. The monoisotopic (exact) mass is 326 g/mol. The van der Waals surface area contributed by atoms with Gasteiger partial charge in [-0.05, 0) is 17.7 Å². The second-order valence-electron chi connectivity index (χ2n) is 5.42. The minimum Gasteiger partial charge on any atom is -0.394 e. The molecule has 0 radical (unpaired) electrons. The van der Waals surface area contributed by atoms with E-state index in [1.165, 1.54) is 31.2 Å². The summed E-state index contributed by atoms with van der Waals surface area (Å²) in [4.78, 5) is 21.7. The average molecular weight is 326 g/mol. The molecule has 0 aliphatic carbocycles. The van der Waals surface area contributed by atoms with Gasteiger partial charge in [-0.3, -0.25) is 14.9 Å². The number of hydrogen-bond acceptors (Lipinski definition) is 7. The Bertz CT molecular complexity index is 591. The molecule has 1 saturated heterocycles. The molecule has 0 aromatic heterocycles. The lowest BCUT2D eigenvalue weighted by molar-refractivity contribution is -0.384. The van der Waals surface area contributed by atoms with Crippen molar-refractivity contribution in [2.75, 3.05) is 13.2 Å². The van der Waals surface area contributed by atoms with Gasteiger partial charge < -0.3 is 25.4 Å². The molecular formula is C14H18N2O7. The van der Waals surface area contributed by atoms with Crippen LogP contribution < -0.4 is 5.32 Å². The van der Waals surface area contributed by atoms with E-state index in [4.69, 9.17) is 9.84 Å². The maximum Gasteiger partial charge on any atom is 0.269 e. The molecule has 9 nitrogen and oxygen atoms in total. The van der Waals surface area contributed by atoms with Crippen molar-refractivity contribution in [2.45, 2.75) is 30.8 Å². The molecule has 0 spiro atoms. The van der Waals surface area contributed by atoms with Crippen LogP contribution in [0.25, 0.3) is 0 Å². The van der Waals surface area contributed by atoms with E-state index in [2.05, 4.69) is 5.32 Å². The highest BCUT2D eigenvalue weighted by Crippen LogP contribution is 2.34. The predicted molar refractivity (Wildman–Crippen MR) is 77.4 cm³/mol. The zero-order valence-corrected chi connectivity index (χ0v) is 12.4. The number of nitrogens with zero attached hydrogens (tertiary/aromatic N) is 1. The van der Waals surface area contributed by atoms with Crippen LogP contribution in [0.15, 0.2) is 24.3 Å². The van der Waals surface area contributed by atoms with Gasteiger partial charge in [0, 0.05) is 19.1 Å². The lowest BCUT2D eigenvalue weighted by Gasteiger charge is -2.46. The van der Waals surface area contributed by atoms with Gasteiger partial charge >= 0.3 is 0 Å². The summed E-state index contributed by atoms with van der Waals surface area (Å²) >= 11 is 0. The number of carbonyl (C=O) groups is 1. The number of nitro groups is 1. The summed E-state index contributed by atoms with van der Waals surface area (Å²) in [5.74, 6) is -0.472. The normalized spacial score (nSPS) is 30.7. The summed E-state index contributed by atoms with van der Waals surface area (Å²) in [7, 11) is 0. The van der Waals surface area contributed by atoms with Crippen LogP contribution in [0.1, 0.15) is 12.5 Å². The molecular weight excluding hydrogens is 308 g/mol. The van der Waals surface area contributed by atoms with Gasteiger partial charge in [-0.2, -0.15) is 0 Å². The van der Waals surface area contributed by atoms with Crippen molar-refractivity contribution < 1.29 is 29.8 Å². The van der Waals surface area contributed by atoms with Crippen molar-refractivity contribution in [3.8, 4) is 0 Å². The Labute approximate surface area is 131 Å².